The molecular weight excluding hydrogens is 472 g/mol. The minimum absolute atomic E-state index is 0.00453. The first-order valence-electron chi connectivity index (χ1n) is 10.4. The molecule has 4 rings (SSSR count). The van der Waals surface area contributed by atoms with Crippen LogP contribution in [0.2, 0.25) is 5.02 Å². The molecule has 4 aromatic rings. The van der Waals surface area contributed by atoms with E-state index < -0.39 is 17.7 Å². The molecule has 1 aromatic heterocycles. The third kappa shape index (κ3) is 5.23. The second kappa shape index (κ2) is 10.2. The topological polar surface area (TPSA) is 119 Å². The quantitative estimate of drug-likeness (QED) is 0.267. The number of carboxylic acid groups (broad SMARTS) is 1. The maximum Gasteiger partial charge on any atom is 0.335 e. The first kappa shape index (κ1) is 23.7. The van der Waals surface area contributed by atoms with Crippen LogP contribution in [0.15, 0.2) is 77.3 Å². The molecular formula is C26H19ClN2O6. The lowest BCUT2D eigenvalue weighted by Crippen LogP contribution is -2.30. The number of aromatic carboxylic acids is 1. The molecule has 0 spiro atoms. The van der Waals surface area contributed by atoms with Crippen LogP contribution in [0.3, 0.4) is 0 Å². The Bertz CT molecular complexity index is 1430. The number of carbonyl (C=O) groups is 3. The summed E-state index contributed by atoms with van der Waals surface area (Å²) < 4.78 is 10.6. The number of Topliss-reactive ketones (excluding diaryl/α,β-unsaturated/α-hetero) is 1. The second-order valence-corrected chi connectivity index (χ2v) is 7.89. The largest absolute Gasteiger partial charge is 0.496 e. The van der Waals surface area contributed by atoms with Gasteiger partial charge in [-0.2, -0.15) is 0 Å². The van der Waals surface area contributed by atoms with Crippen LogP contribution in [0.5, 0.6) is 5.75 Å². The lowest BCUT2D eigenvalue weighted by atomic mass is 10.0. The number of nitrogens with zero attached hydrogens (tertiary/aromatic N) is 1. The van der Waals surface area contributed by atoms with Gasteiger partial charge in [0, 0.05) is 23.7 Å². The van der Waals surface area contributed by atoms with Gasteiger partial charge in [-0.25, -0.2) is 4.79 Å². The Morgan fingerprint density at radius 3 is 2.51 bits per heavy atom. The van der Waals surface area contributed by atoms with Gasteiger partial charge in [0.1, 0.15) is 5.75 Å². The van der Waals surface area contributed by atoms with Gasteiger partial charge < -0.3 is 19.7 Å². The SMILES string of the molecule is COc1ccc(-c2cccc(C(=O)O)c2)cc1CNC(=O)C(=O)c1cc(-c2ccccc2Cl)on1. The fourth-order valence-electron chi connectivity index (χ4n) is 3.47. The summed E-state index contributed by atoms with van der Waals surface area (Å²) in [7, 11) is 1.49. The second-order valence-electron chi connectivity index (χ2n) is 7.48. The molecule has 8 nitrogen and oxygen atoms in total. The summed E-state index contributed by atoms with van der Waals surface area (Å²) in [5.41, 5.74) is 2.57. The first-order valence-corrected chi connectivity index (χ1v) is 10.8. The van der Waals surface area contributed by atoms with Crippen molar-refractivity contribution < 1.29 is 28.8 Å². The normalized spacial score (nSPS) is 10.6. The number of hydrogen-bond acceptors (Lipinski definition) is 6. The van der Waals surface area contributed by atoms with Gasteiger partial charge in [-0.15, -0.1) is 0 Å². The van der Waals surface area contributed by atoms with E-state index in [0.717, 1.165) is 5.56 Å². The predicted octanol–water partition coefficient (Wildman–Crippen LogP) is 4.87. The number of carbonyl (C=O) groups excluding carboxylic acids is 2. The van der Waals surface area contributed by atoms with Crippen LogP contribution in [-0.2, 0) is 11.3 Å². The van der Waals surface area contributed by atoms with Crippen molar-refractivity contribution in [3.8, 4) is 28.2 Å². The number of benzene rings is 3. The summed E-state index contributed by atoms with van der Waals surface area (Å²) in [5.74, 6) is -2.00. The number of rotatable bonds is 8. The molecule has 0 saturated heterocycles. The summed E-state index contributed by atoms with van der Waals surface area (Å²) >= 11 is 6.14. The van der Waals surface area contributed by atoms with Gasteiger partial charge in [0.05, 0.1) is 17.7 Å². The summed E-state index contributed by atoms with van der Waals surface area (Å²) in [4.78, 5) is 36.4. The van der Waals surface area contributed by atoms with Crippen LogP contribution in [-0.4, -0.2) is 35.0 Å². The Morgan fingerprint density at radius 2 is 1.77 bits per heavy atom. The number of carboxylic acids is 1. The number of ether oxygens (including phenoxy) is 1. The molecule has 35 heavy (non-hydrogen) atoms. The maximum absolute atomic E-state index is 12.6. The van der Waals surface area contributed by atoms with E-state index in [1.807, 2.05) is 0 Å². The van der Waals surface area contributed by atoms with Crippen LogP contribution >= 0.6 is 11.6 Å². The van der Waals surface area contributed by atoms with Crippen LogP contribution in [0.4, 0.5) is 0 Å². The lowest BCUT2D eigenvalue weighted by Gasteiger charge is -2.12. The summed E-state index contributed by atoms with van der Waals surface area (Å²) in [5, 5.41) is 15.9. The highest BCUT2D eigenvalue weighted by molar-refractivity contribution is 6.42. The molecule has 9 heteroatoms. The van der Waals surface area contributed by atoms with E-state index in [4.69, 9.17) is 20.9 Å². The number of methoxy groups -OCH3 is 1. The Kier molecular flexibility index (Phi) is 6.93. The molecule has 0 fully saturated rings. The van der Waals surface area contributed by atoms with E-state index in [1.54, 1.807) is 60.7 Å². The molecule has 0 radical (unpaired) electrons. The van der Waals surface area contributed by atoms with E-state index in [1.165, 1.54) is 19.2 Å². The molecule has 1 heterocycles. The third-order valence-corrected chi connectivity index (χ3v) is 5.58. The lowest BCUT2D eigenvalue weighted by molar-refractivity contribution is -0.117. The molecule has 0 aliphatic rings. The number of halogens is 1. The van der Waals surface area contributed by atoms with Crippen molar-refractivity contribution in [1.29, 1.82) is 0 Å². The van der Waals surface area contributed by atoms with Crippen LogP contribution < -0.4 is 10.1 Å². The molecule has 0 atom stereocenters. The highest BCUT2D eigenvalue weighted by Gasteiger charge is 2.22. The Morgan fingerprint density at radius 1 is 1.00 bits per heavy atom. The van der Waals surface area contributed by atoms with Crippen LogP contribution in [0.25, 0.3) is 22.5 Å². The number of amides is 1. The number of ketones is 1. The van der Waals surface area contributed by atoms with Crippen LogP contribution in [0, 0.1) is 0 Å². The van der Waals surface area contributed by atoms with Crippen molar-refractivity contribution in [1.82, 2.24) is 10.5 Å². The van der Waals surface area contributed by atoms with E-state index in [9.17, 15) is 19.5 Å². The fourth-order valence-corrected chi connectivity index (χ4v) is 3.70. The number of aromatic nitrogens is 1. The van der Waals surface area contributed by atoms with Gasteiger partial charge >= 0.3 is 5.97 Å². The maximum atomic E-state index is 12.6. The molecule has 0 aliphatic carbocycles. The highest BCUT2D eigenvalue weighted by Crippen LogP contribution is 2.29. The smallest absolute Gasteiger partial charge is 0.335 e. The zero-order chi connectivity index (χ0) is 24.9. The third-order valence-electron chi connectivity index (χ3n) is 5.25. The van der Waals surface area contributed by atoms with E-state index in [2.05, 4.69) is 10.5 Å². The summed E-state index contributed by atoms with van der Waals surface area (Å²) in [6, 6.07) is 20.0. The van der Waals surface area contributed by atoms with E-state index in [0.29, 0.717) is 27.5 Å². The molecule has 0 unspecified atom stereocenters. The minimum atomic E-state index is -1.03. The van der Waals surface area contributed by atoms with Gasteiger partial charge in [0.2, 0.25) is 0 Å². The number of nitrogens with one attached hydrogen (secondary N) is 1. The van der Waals surface area contributed by atoms with Crippen molar-refractivity contribution in [3.63, 3.8) is 0 Å². The van der Waals surface area contributed by atoms with Gasteiger partial charge in [0.25, 0.3) is 11.7 Å². The zero-order valence-corrected chi connectivity index (χ0v) is 19.2. The molecule has 0 saturated carbocycles. The van der Waals surface area contributed by atoms with E-state index >= 15 is 0 Å². The average molecular weight is 491 g/mol. The molecule has 0 aliphatic heterocycles. The van der Waals surface area contributed by atoms with Crippen molar-refractivity contribution in [2.24, 2.45) is 0 Å². The van der Waals surface area contributed by atoms with Crippen molar-refractivity contribution in [2.75, 3.05) is 7.11 Å². The molecule has 1 amide bonds. The Hall–Kier alpha value is -4.43. The first-order chi connectivity index (χ1) is 16.9. The molecule has 176 valence electrons. The Balaban J connectivity index is 1.50. The van der Waals surface area contributed by atoms with Gasteiger partial charge in [-0.3, -0.25) is 9.59 Å². The molecule has 0 bridgehead atoms. The zero-order valence-electron chi connectivity index (χ0n) is 18.4. The summed E-state index contributed by atoms with van der Waals surface area (Å²) in [6.45, 7) is -0.00453. The van der Waals surface area contributed by atoms with Gasteiger partial charge in [-0.1, -0.05) is 47.1 Å². The van der Waals surface area contributed by atoms with Crippen LogP contribution in [0.1, 0.15) is 26.4 Å². The summed E-state index contributed by atoms with van der Waals surface area (Å²) in [6.07, 6.45) is 0. The van der Waals surface area contributed by atoms with Gasteiger partial charge in [0.15, 0.2) is 11.5 Å². The van der Waals surface area contributed by atoms with Crippen molar-refractivity contribution in [3.05, 3.63) is 94.6 Å². The fraction of sp³-hybridized carbons (Fsp3) is 0.0769. The van der Waals surface area contributed by atoms with Crippen molar-refractivity contribution >= 4 is 29.3 Å². The Labute approximate surface area is 205 Å². The standard InChI is InChI=1S/C26H19ClN2O6/c1-34-22-10-9-16(15-5-4-6-17(11-15)26(32)33)12-18(22)14-28-25(31)24(30)21-13-23(35-29-21)19-7-2-3-8-20(19)27/h2-13H,14H2,1H3,(H,28,31)(H,32,33). The molecule has 2 N–H and O–H groups in total. The van der Waals surface area contributed by atoms with Gasteiger partial charge in [-0.05, 0) is 47.5 Å². The molecule has 3 aromatic carbocycles. The van der Waals surface area contributed by atoms with Crippen molar-refractivity contribution in [2.45, 2.75) is 6.54 Å². The van der Waals surface area contributed by atoms with E-state index in [-0.39, 0.29) is 23.6 Å². The highest BCUT2D eigenvalue weighted by atomic mass is 35.5. The monoisotopic (exact) mass is 490 g/mol. The average Bonchev–Trinajstić information content (AvgIpc) is 3.37. The number of hydrogen-bond donors (Lipinski definition) is 2. The minimum Gasteiger partial charge on any atom is -0.496 e. The predicted molar refractivity (Wildman–Crippen MR) is 129 cm³/mol.